The van der Waals surface area contributed by atoms with Crippen LogP contribution in [0.4, 0.5) is 10.1 Å². The van der Waals surface area contributed by atoms with Crippen LogP contribution in [0.2, 0.25) is 5.02 Å². The third-order valence-corrected chi connectivity index (χ3v) is 4.61. The van der Waals surface area contributed by atoms with E-state index in [9.17, 15) is 9.18 Å². The van der Waals surface area contributed by atoms with Gasteiger partial charge in [-0.3, -0.25) is 9.78 Å². The van der Waals surface area contributed by atoms with Crippen LogP contribution in [-0.2, 0) is 5.75 Å². The lowest BCUT2D eigenvalue weighted by Gasteiger charge is -2.10. The molecule has 0 aliphatic carbocycles. The lowest BCUT2D eigenvalue weighted by Crippen LogP contribution is -2.13. The number of hydrogen-bond acceptors (Lipinski definition) is 4. The van der Waals surface area contributed by atoms with E-state index in [-0.39, 0.29) is 16.5 Å². The molecule has 0 radical (unpaired) electrons. The Kier molecular flexibility index (Phi) is 5.63. The highest BCUT2D eigenvalue weighted by atomic mass is 35.5. The summed E-state index contributed by atoms with van der Waals surface area (Å²) in [6, 6.07) is 13.0. The summed E-state index contributed by atoms with van der Waals surface area (Å²) in [5.74, 6) is -0.316. The van der Waals surface area contributed by atoms with Crippen LogP contribution in [0, 0.1) is 5.82 Å². The van der Waals surface area contributed by atoms with Crippen molar-refractivity contribution in [2.45, 2.75) is 10.8 Å². The van der Waals surface area contributed by atoms with E-state index in [1.54, 1.807) is 24.5 Å². The number of amides is 1. The lowest BCUT2D eigenvalue weighted by atomic mass is 10.2. The van der Waals surface area contributed by atoms with Gasteiger partial charge in [-0.2, -0.15) is 0 Å². The normalized spacial score (nSPS) is 10.5. The van der Waals surface area contributed by atoms with Gasteiger partial charge in [-0.1, -0.05) is 29.4 Å². The molecule has 0 saturated carbocycles. The second-order valence-electron chi connectivity index (χ2n) is 5.05. The van der Waals surface area contributed by atoms with E-state index in [2.05, 4.69) is 15.3 Å². The predicted octanol–water partition coefficient (Wildman–Crippen LogP) is 4.81. The maximum atomic E-state index is 13.2. The zero-order valence-corrected chi connectivity index (χ0v) is 14.5. The predicted molar refractivity (Wildman–Crippen MR) is 97.4 cm³/mol. The van der Waals surface area contributed by atoms with Crippen molar-refractivity contribution in [2.24, 2.45) is 0 Å². The number of aromatic nitrogens is 2. The van der Waals surface area contributed by atoms with E-state index in [4.69, 9.17) is 11.6 Å². The van der Waals surface area contributed by atoms with Crippen molar-refractivity contribution in [2.75, 3.05) is 5.32 Å². The van der Waals surface area contributed by atoms with Crippen molar-refractivity contribution in [3.8, 4) is 0 Å². The number of halogens is 2. The number of carbonyl (C=O) groups is 1. The molecule has 2 aromatic heterocycles. The second kappa shape index (κ2) is 8.09. The van der Waals surface area contributed by atoms with E-state index < -0.39 is 5.82 Å². The van der Waals surface area contributed by atoms with E-state index in [1.807, 2.05) is 18.2 Å². The summed E-state index contributed by atoms with van der Waals surface area (Å²) in [4.78, 5) is 20.9. The van der Waals surface area contributed by atoms with E-state index in [0.29, 0.717) is 16.5 Å². The average molecular weight is 374 g/mol. The Balaban J connectivity index is 1.74. The zero-order chi connectivity index (χ0) is 17.6. The molecule has 2 heterocycles. The quantitative estimate of drug-likeness (QED) is 0.652. The van der Waals surface area contributed by atoms with Gasteiger partial charge >= 0.3 is 0 Å². The summed E-state index contributed by atoms with van der Waals surface area (Å²) in [5.41, 5.74) is 1.77. The van der Waals surface area contributed by atoms with Crippen molar-refractivity contribution in [3.63, 3.8) is 0 Å². The van der Waals surface area contributed by atoms with Crippen LogP contribution in [0.3, 0.4) is 0 Å². The van der Waals surface area contributed by atoms with Gasteiger partial charge in [0.25, 0.3) is 5.91 Å². The van der Waals surface area contributed by atoms with E-state index >= 15 is 0 Å². The highest BCUT2D eigenvalue weighted by Crippen LogP contribution is 2.27. The van der Waals surface area contributed by atoms with Gasteiger partial charge < -0.3 is 5.32 Å². The molecular formula is C18H13ClFN3OS. The molecule has 0 atom stereocenters. The number of rotatable bonds is 5. The zero-order valence-electron chi connectivity index (χ0n) is 12.9. The van der Waals surface area contributed by atoms with Crippen LogP contribution in [0.25, 0.3) is 0 Å². The van der Waals surface area contributed by atoms with Crippen LogP contribution < -0.4 is 5.32 Å². The fraction of sp³-hybridized carbons (Fsp3) is 0.0556. The monoisotopic (exact) mass is 373 g/mol. The molecule has 1 amide bonds. The third kappa shape index (κ3) is 4.55. The Hall–Kier alpha value is -2.44. The summed E-state index contributed by atoms with van der Waals surface area (Å²) in [6.07, 6.45) is 3.39. The van der Waals surface area contributed by atoms with Gasteiger partial charge in [0.2, 0.25) is 0 Å². The Bertz CT molecular complexity index is 892. The standard InChI is InChI=1S/C18H13ClFN3OS/c19-14-10-12(6-7-15(14)20)17(24)23-16-5-3-9-22-18(16)25-11-13-4-1-2-8-21-13/h1-10H,11H2,(H,23,24). The average Bonchev–Trinajstić information content (AvgIpc) is 2.64. The molecule has 3 aromatic rings. The first-order chi connectivity index (χ1) is 12.1. The molecule has 3 rings (SSSR count). The molecule has 0 aliphatic heterocycles. The largest absolute Gasteiger partial charge is 0.320 e. The molecule has 0 bridgehead atoms. The highest BCUT2D eigenvalue weighted by Gasteiger charge is 2.12. The van der Waals surface area contributed by atoms with Crippen molar-refractivity contribution in [1.29, 1.82) is 0 Å². The molecule has 126 valence electrons. The van der Waals surface area contributed by atoms with Gasteiger partial charge in [0.15, 0.2) is 0 Å². The molecular weight excluding hydrogens is 361 g/mol. The molecule has 0 saturated heterocycles. The number of thioether (sulfide) groups is 1. The number of anilines is 1. The fourth-order valence-electron chi connectivity index (χ4n) is 2.06. The number of carbonyl (C=O) groups excluding carboxylic acids is 1. The van der Waals surface area contributed by atoms with Crippen molar-refractivity contribution < 1.29 is 9.18 Å². The smallest absolute Gasteiger partial charge is 0.255 e. The molecule has 4 nitrogen and oxygen atoms in total. The first kappa shape index (κ1) is 17.4. The maximum absolute atomic E-state index is 13.2. The Morgan fingerprint density at radius 2 is 1.96 bits per heavy atom. The van der Waals surface area contributed by atoms with Gasteiger partial charge in [0.05, 0.1) is 16.4 Å². The topological polar surface area (TPSA) is 54.9 Å². The van der Waals surface area contributed by atoms with Gasteiger partial charge in [0, 0.05) is 23.7 Å². The molecule has 7 heteroatoms. The SMILES string of the molecule is O=C(Nc1cccnc1SCc1ccccn1)c1ccc(F)c(Cl)c1. The summed E-state index contributed by atoms with van der Waals surface area (Å²) >= 11 is 7.20. The third-order valence-electron chi connectivity index (χ3n) is 3.28. The van der Waals surface area contributed by atoms with Crippen molar-refractivity contribution in [3.05, 3.63) is 83.0 Å². The summed E-state index contributed by atoms with van der Waals surface area (Å²) in [5, 5.41) is 3.37. The lowest BCUT2D eigenvalue weighted by molar-refractivity contribution is 0.102. The van der Waals surface area contributed by atoms with Gasteiger partial charge in [-0.15, -0.1) is 0 Å². The number of nitrogens with zero attached hydrogens (tertiary/aromatic N) is 2. The van der Waals surface area contributed by atoms with E-state index in [1.165, 1.54) is 23.9 Å². The fourth-order valence-corrected chi connectivity index (χ4v) is 3.10. The second-order valence-corrected chi connectivity index (χ2v) is 6.42. The van der Waals surface area contributed by atoms with Crippen molar-refractivity contribution in [1.82, 2.24) is 9.97 Å². The highest BCUT2D eigenvalue weighted by molar-refractivity contribution is 7.98. The van der Waals surface area contributed by atoms with Crippen molar-refractivity contribution >= 4 is 35.0 Å². The number of hydrogen-bond donors (Lipinski definition) is 1. The molecule has 25 heavy (non-hydrogen) atoms. The van der Waals surface area contributed by atoms with Crippen LogP contribution >= 0.6 is 23.4 Å². The first-order valence-corrected chi connectivity index (χ1v) is 8.74. The minimum Gasteiger partial charge on any atom is -0.320 e. The summed E-state index contributed by atoms with van der Waals surface area (Å²) in [7, 11) is 0. The minimum atomic E-state index is -0.564. The van der Waals surface area contributed by atoms with Crippen LogP contribution in [0.5, 0.6) is 0 Å². The van der Waals surface area contributed by atoms with Crippen LogP contribution in [-0.4, -0.2) is 15.9 Å². The molecule has 1 aromatic carbocycles. The molecule has 1 N–H and O–H groups in total. The Labute approximate surface area is 153 Å². The molecule has 0 fully saturated rings. The van der Waals surface area contributed by atoms with Gasteiger partial charge in [0.1, 0.15) is 10.8 Å². The first-order valence-electron chi connectivity index (χ1n) is 7.37. The molecule has 0 unspecified atom stereocenters. The number of pyridine rings is 2. The number of benzene rings is 1. The van der Waals surface area contributed by atoms with Crippen LogP contribution in [0.1, 0.15) is 16.1 Å². The minimum absolute atomic E-state index is 0.0939. The van der Waals surface area contributed by atoms with E-state index in [0.717, 1.165) is 11.8 Å². The summed E-state index contributed by atoms with van der Waals surface area (Å²) < 4.78 is 13.2. The number of nitrogens with one attached hydrogen (secondary N) is 1. The van der Waals surface area contributed by atoms with Gasteiger partial charge in [-0.05, 0) is 42.5 Å². The maximum Gasteiger partial charge on any atom is 0.255 e. The Morgan fingerprint density at radius 1 is 1.12 bits per heavy atom. The van der Waals surface area contributed by atoms with Gasteiger partial charge in [-0.25, -0.2) is 9.37 Å². The molecule has 0 aliphatic rings. The Morgan fingerprint density at radius 3 is 2.72 bits per heavy atom. The van der Waals surface area contributed by atoms with Crippen LogP contribution in [0.15, 0.2) is 66.0 Å². The molecule has 0 spiro atoms. The summed E-state index contributed by atoms with van der Waals surface area (Å²) in [6.45, 7) is 0.